The molecule has 2 heterocycles. The summed E-state index contributed by atoms with van der Waals surface area (Å²) in [7, 11) is 0. The molecule has 5 heteroatoms. The molecule has 0 radical (unpaired) electrons. The van der Waals surface area contributed by atoms with Crippen molar-refractivity contribution in [2.75, 3.05) is 12.3 Å². The summed E-state index contributed by atoms with van der Waals surface area (Å²) in [5.74, 6) is 2.25. The Bertz CT molecular complexity index is 284. The number of hydrogen-bond acceptors (Lipinski definition) is 4. The largest absolute Gasteiger partial charge is 0.313 e. The fourth-order valence-corrected chi connectivity index (χ4v) is 3.77. The topological polar surface area (TPSA) is 24.9 Å². The van der Waals surface area contributed by atoms with E-state index in [0.717, 1.165) is 11.8 Å². The second kappa shape index (κ2) is 5.35. The molecule has 0 aliphatic carbocycles. The minimum Gasteiger partial charge on any atom is -0.313 e. The maximum atomic E-state index is 5.75. The van der Waals surface area contributed by atoms with Gasteiger partial charge in [0.2, 0.25) is 0 Å². The van der Waals surface area contributed by atoms with E-state index in [1.54, 1.807) is 11.3 Å². The number of nitrogens with one attached hydrogen (secondary N) is 1. The lowest BCUT2D eigenvalue weighted by Gasteiger charge is -2.07. The molecule has 1 atom stereocenters. The summed E-state index contributed by atoms with van der Waals surface area (Å²) < 4.78 is 0.652. The number of nitrogens with zero attached hydrogens (tertiary/aromatic N) is 1. The van der Waals surface area contributed by atoms with Crippen LogP contribution in [0.15, 0.2) is 6.20 Å². The SMILES string of the molecule is Clc1ncc(CSC[C@H]2CCCN2)s1. The van der Waals surface area contributed by atoms with Crippen molar-refractivity contribution in [2.24, 2.45) is 0 Å². The van der Waals surface area contributed by atoms with Crippen LogP contribution in [0.25, 0.3) is 0 Å². The van der Waals surface area contributed by atoms with E-state index in [9.17, 15) is 0 Å². The van der Waals surface area contributed by atoms with E-state index in [0.29, 0.717) is 4.47 Å². The lowest BCUT2D eigenvalue weighted by atomic mass is 10.3. The van der Waals surface area contributed by atoms with Crippen molar-refractivity contribution < 1.29 is 0 Å². The van der Waals surface area contributed by atoms with E-state index >= 15 is 0 Å². The van der Waals surface area contributed by atoms with Gasteiger partial charge in [0.15, 0.2) is 4.47 Å². The fourth-order valence-electron chi connectivity index (χ4n) is 1.55. The molecule has 0 bridgehead atoms. The molecule has 0 amide bonds. The van der Waals surface area contributed by atoms with Crippen molar-refractivity contribution in [1.82, 2.24) is 10.3 Å². The van der Waals surface area contributed by atoms with Crippen LogP contribution in [0.1, 0.15) is 17.7 Å². The molecule has 0 spiro atoms. The van der Waals surface area contributed by atoms with E-state index in [1.807, 2.05) is 18.0 Å². The maximum absolute atomic E-state index is 5.75. The highest BCUT2D eigenvalue weighted by Gasteiger charge is 2.13. The van der Waals surface area contributed by atoms with Gasteiger partial charge in [-0.15, -0.1) is 11.3 Å². The summed E-state index contributed by atoms with van der Waals surface area (Å²) >= 11 is 9.30. The van der Waals surface area contributed by atoms with Crippen LogP contribution in [0.2, 0.25) is 4.47 Å². The van der Waals surface area contributed by atoms with Crippen LogP contribution in [0, 0.1) is 0 Å². The number of hydrogen-bond donors (Lipinski definition) is 1. The molecule has 1 aliphatic heterocycles. The first-order chi connectivity index (χ1) is 6.84. The third kappa shape index (κ3) is 3.12. The molecule has 14 heavy (non-hydrogen) atoms. The maximum Gasteiger partial charge on any atom is 0.183 e. The Labute approximate surface area is 97.5 Å². The zero-order valence-corrected chi connectivity index (χ0v) is 10.2. The molecule has 1 aliphatic rings. The van der Waals surface area contributed by atoms with Gasteiger partial charge >= 0.3 is 0 Å². The summed E-state index contributed by atoms with van der Waals surface area (Å²) in [5.41, 5.74) is 0. The molecule has 1 aromatic heterocycles. The zero-order chi connectivity index (χ0) is 9.80. The molecule has 0 saturated carbocycles. The van der Waals surface area contributed by atoms with Gasteiger partial charge in [0.25, 0.3) is 0 Å². The van der Waals surface area contributed by atoms with Crippen LogP contribution in [0.3, 0.4) is 0 Å². The standard InChI is InChI=1S/C9H13ClN2S2/c10-9-12-4-8(14-9)6-13-5-7-2-1-3-11-7/h4,7,11H,1-3,5-6H2/t7-/m1/s1. The Balaban J connectivity index is 1.67. The first kappa shape index (κ1) is 10.7. The Morgan fingerprint density at radius 1 is 1.71 bits per heavy atom. The van der Waals surface area contributed by atoms with E-state index in [2.05, 4.69) is 10.3 Å². The van der Waals surface area contributed by atoms with Gasteiger partial charge in [-0.3, -0.25) is 0 Å². The third-order valence-corrected chi connectivity index (χ3v) is 4.70. The minimum absolute atomic E-state index is 0.652. The Morgan fingerprint density at radius 3 is 3.29 bits per heavy atom. The van der Waals surface area contributed by atoms with Gasteiger partial charge in [-0.25, -0.2) is 4.98 Å². The summed E-state index contributed by atoms with van der Waals surface area (Å²) in [5, 5.41) is 3.49. The normalized spacial score (nSPS) is 21.6. The van der Waals surface area contributed by atoms with Gasteiger partial charge in [-0.1, -0.05) is 11.6 Å². The first-order valence-electron chi connectivity index (χ1n) is 4.76. The van der Waals surface area contributed by atoms with Crippen molar-refractivity contribution in [3.63, 3.8) is 0 Å². The minimum atomic E-state index is 0.652. The predicted molar refractivity (Wildman–Crippen MR) is 64.3 cm³/mol. The highest BCUT2D eigenvalue weighted by atomic mass is 35.5. The number of halogens is 1. The van der Waals surface area contributed by atoms with E-state index in [-0.39, 0.29) is 0 Å². The fraction of sp³-hybridized carbons (Fsp3) is 0.667. The average molecular weight is 249 g/mol. The molecule has 1 fully saturated rings. The summed E-state index contributed by atoms with van der Waals surface area (Å²) in [4.78, 5) is 5.30. The first-order valence-corrected chi connectivity index (χ1v) is 7.11. The van der Waals surface area contributed by atoms with Gasteiger partial charge < -0.3 is 5.32 Å². The smallest absolute Gasteiger partial charge is 0.183 e. The third-order valence-electron chi connectivity index (χ3n) is 2.25. The molecule has 1 aromatic rings. The molecular formula is C9H13ClN2S2. The number of thioether (sulfide) groups is 1. The van der Waals surface area contributed by atoms with Gasteiger partial charge in [0, 0.05) is 28.6 Å². The number of rotatable bonds is 4. The van der Waals surface area contributed by atoms with Crippen LogP contribution in [-0.4, -0.2) is 23.3 Å². The number of thiazole rings is 1. The van der Waals surface area contributed by atoms with E-state index < -0.39 is 0 Å². The molecule has 0 unspecified atom stereocenters. The highest BCUT2D eigenvalue weighted by molar-refractivity contribution is 7.98. The molecule has 2 nitrogen and oxygen atoms in total. The van der Waals surface area contributed by atoms with Gasteiger partial charge in [0.05, 0.1) is 0 Å². The van der Waals surface area contributed by atoms with Crippen LogP contribution >= 0.6 is 34.7 Å². The Hall–Kier alpha value is 0.230. The molecule has 1 N–H and O–H groups in total. The quantitative estimate of drug-likeness (QED) is 0.887. The van der Waals surface area contributed by atoms with Gasteiger partial charge in [-0.2, -0.15) is 11.8 Å². The number of aromatic nitrogens is 1. The summed E-state index contributed by atoms with van der Waals surface area (Å²) in [6, 6.07) is 0.725. The van der Waals surface area contributed by atoms with Crippen molar-refractivity contribution in [3.05, 3.63) is 15.5 Å². The molecular weight excluding hydrogens is 236 g/mol. The second-order valence-electron chi connectivity index (χ2n) is 3.39. The van der Waals surface area contributed by atoms with E-state index in [1.165, 1.54) is 30.0 Å². The Morgan fingerprint density at radius 2 is 2.64 bits per heavy atom. The summed E-state index contributed by atoms with van der Waals surface area (Å²) in [6.45, 7) is 1.19. The average Bonchev–Trinajstić information content (AvgIpc) is 2.77. The molecule has 78 valence electrons. The van der Waals surface area contributed by atoms with Crippen molar-refractivity contribution in [3.8, 4) is 0 Å². The zero-order valence-electron chi connectivity index (χ0n) is 7.83. The van der Waals surface area contributed by atoms with Gasteiger partial charge in [0.1, 0.15) is 0 Å². The van der Waals surface area contributed by atoms with E-state index in [4.69, 9.17) is 11.6 Å². The predicted octanol–water partition coefficient (Wildman–Crippen LogP) is 2.78. The molecule has 1 saturated heterocycles. The molecule has 2 rings (SSSR count). The highest BCUT2D eigenvalue weighted by Crippen LogP contribution is 2.23. The van der Waals surface area contributed by atoms with Crippen molar-refractivity contribution >= 4 is 34.7 Å². The van der Waals surface area contributed by atoms with Gasteiger partial charge in [-0.05, 0) is 19.4 Å². The van der Waals surface area contributed by atoms with Crippen molar-refractivity contribution in [2.45, 2.75) is 24.6 Å². The second-order valence-corrected chi connectivity index (χ2v) is 6.12. The lowest BCUT2D eigenvalue weighted by Crippen LogP contribution is -2.23. The Kier molecular flexibility index (Phi) is 4.10. The lowest BCUT2D eigenvalue weighted by molar-refractivity contribution is 0.674. The molecule has 0 aromatic carbocycles. The van der Waals surface area contributed by atoms with Crippen LogP contribution in [0.4, 0.5) is 0 Å². The van der Waals surface area contributed by atoms with Crippen LogP contribution < -0.4 is 5.32 Å². The monoisotopic (exact) mass is 248 g/mol. The summed E-state index contributed by atoms with van der Waals surface area (Å²) in [6.07, 6.45) is 4.54. The van der Waals surface area contributed by atoms with Crippen molar-refractivity contribution in [1.29, 1.82) is 0 Å². The van der Waals surface area contributed by atoms with Crippen LogP contribution in [-0.2, 0) is 5.75 Å². The van der Waals surface area contributed by atoms with Crippen LogP contribution in [0.5, 0.6) is 0 Å².